The van der Waals surface area contributed by atoms with E-state index in [1.54, 1.807) is 0 Å². The van der Waals surface area contributed by atoms with E-state index in [1.165, 1.54) is 16.5 Å². The first kappa shape index (κ1) is 12.0. The highest BCUT2D eigenvalue weighted by Crippen LogP contribution is 2.56. The third kappa shape index (κ3) is 1.37. The lowest BCUT2D eigenvalue weighted by molar-refractivity contribution is 0.0903. The quantitative estimate of drug-likeness (QED) is 0.702. The molecule has 0 fully saturated rings. The molecular formula is C18H19NO. The Hall–Kier alpha value is -1.83. The van der Waals surface area contributed by atoms with Crippen molar-refractivity contribution < 1.29 is 4.79 Å². The number of H-pyrrole nitrogens is 1. The number of benzene rings is 1. The number of nitrogens with one attached hydrogen (secondary N) is 1. The molecule has 2 aromatic rings. The van der Waals surface area contributed by atoms with Gasteiger partial charge in [-0.3, -0.25) is 4.79 Å². The molecule has 0 amide bonds. The topological polar surface area (TPSA) is 32.9 Å². The number of Topliss-reactive ketones (excluding diaryl/α,β-unsaturated/α-hetero) is 1. The fourth-order valence-corrected chi connectivity index (χ4v) is 4.42. The number of allylic oxidation sites excluding steroid dienone is 2. The van der Waals surface area contributed by atoms with E-state index in [0.717, 1.165) is 17.6 Å². The number of ketones is 1. The van der Waals surface area contributed by atoms with Crippen molar-refractivity contribution in [1.82, 2.24) is 4.98 Å². The largest absolute Gasteiger partial charge is 0.352 e. The highest BCUT2D eigenvalue weighted by atomic mass is 16.1. The highest BCUT2D eigenvalue weighted by molar-refractivity contribution is 6.09. The average Bonchev–Trinajstić information content (AvgIpc) is 2.86. The molecule has 0 radical (unpaired) electrons. The summed E-state index contributed by atoms with van der Waals surface area (Å²) in [5, 5.41) is 1.23. The van der Waals surface area contributed by atoms with Crippen molar-refractivity contribution in [2.24, 2.45) is 11.3 Å². The smallest absolute Gasteiger partial charge is 0.186 e. The van der Waals surface area contributed by atoms with Gasteiger partial charge in [-0.2, -0.15) is 0 Å². The third-order valence-electron chi connectivity index (χ3n) is 5.01. The van der Waals surface area contributed by atoms with Crippen LogP contribution in [-0.4, -0.2) is 10.8 Å². The van der Waals surface area contributed by atoms with Crippen molar-refractivity contribution in [3.63, 3.8) is 0 Å². The number of aromatic nitrogens is 1. The maximum absolute atomic E-state index is 12.8. The van der Waals surface area contributed by atoms with Crippen LogP contribution in [0.5, 0.6) is 0 Å². The van der Waals surface area contributed by atoms with Gasteiger partial charge < -0.3 is 4.98 Å². The second kappa shape index (κ2) is 3.63. The van der Waals surface area contributed by atoms with Gasteiger partial charge in [0.2, 0.25) is 0 Å². The molecule has 0 saturated carbocycles. The van der Waals surface area contributed by atoms with Crippen molar-refractivity contribution in [1.29, 1.82) is 0 Å². The van der Waals surface area contributed by atoms with Gasteiger partial charge >= 0.3 is 0 Å². The number of aromatic amines is 1. The monoisotopic (exact) mass is 265 g/mol. The predicted molar refractivity (Wildman–Crippen MR) is 81.0 cm³/mol. The molecule has 0 bridgehead atoms. The molecule has 1 aromatic carbocycles. The van der Waals surface area contributed by atoms with Crippen LogP contribution in [0.25, 0.3) is 10.9 Å². The average molecular weight is 265 g/mol. The van der Waals surface area contributed by atoms with E-state index in [2.05, 4.69) is 50.0 Å². The SMILES string of the molecule is CC1=C[C@@H]2C(=O)c3[nH]c4ccccc4c3[C@@H]2C(C)(C)C1. The zero-order chi connectivity index (χ0) is 14.1. The van der Waals surface area contributed by atoms with Crippen LogP contribution in [0.2, 0.25) is 0 Å². The Balaban J connectivity index is 2.03. The van der Waals surface area contributed by atoms with Crippen molar-refractivity contribution in [3.8, 4) is 0 Å². The number of rotatable bonds is 0. The van der Waals surface area contributed by atoms with Crippen molar-refractivity contribution in [2.45, 2.75) is 33.1 Å². The first-order valence-electron chi connectivity index (χ1n) is 7.31. The Morgan fingerprint density at radius 3 is 2.80 bits per heavy atom. The molecular weight excluding hydrogens is 246 g/mol. The van der Waals surface area contributed by atoms with E-state index in [-0.39, 0.29) is 17.1 Å². The molecule has 2 atom stereocenters. The summed E-state index contributed by atoms with van der Waals surface area (Å²) in [7, 11) is 0. The lowest BCUT2D eigenvalue weighted by Crippen LogP contribution is -2.31. The fourth-order valence-electron chi connectivity index (χ4n) is 4.42. The van der Waals surface area contributed by atoms with Gasteiger partial charge in [-0.1, -0.05) is 43.7 Å². The van der Waals surface area contributed by atoms with Crippen LogP contribution < -0.4 is 0 Å². The Bertz CT molecular complexity index is 763. The van der Waals surface area contributed by atoms with Crippen LogP contribution in [0.15, 0.2) is 35.9 Å². The lowest BCUT2D eigenvalue weighted by atomic mass is 9.64. The van der Waals surface area contributed by atoms with Crippen molar-refractivity contribution in [2.75, 3.05) is 0 Å². The Labute approximate surface area is 118 Å². The Morgan fingerprint density at radius 1 is 1.25 bits per heavy atom. The van der Waals surface area contributed by atoms with E-state index < -0.39 is 0 Å². The summed E-state index contributed by atoms with van der Waals surface area (Å²) in [6, 6.07) is 8.28. The molecule has 2 heteroatoms. The molecule has 0 unspecified atom stereocenters. The second-order valence-electron chi connectivity index (χ2n) is 7.01. The van der Waals surface area contributed by atoms with E-state index >= 15 is 0 Å². The number of carbonyl (C=O) groups excluding carboxylic acids is 1. The lowest BCUT2D eigenvalue weighted by Gasteiger charge is -2.39. The van der Waals surface area contributed by atoms with Gasteiger partial charge in [-0.25, -0.2) is 0 Å². The van der Waals surface area contributed by atoms with Crippen LogP contribution in [0.4, 0.5) is 0 Å². The minimum Gasteiger partial charge on any atom is -0.352 e. The molecule has 4 rings (SSSR count). The summed E-state index contributed by atoms with van der Waals surface area (Å²) in [6.45, 7) is 6.74. The van der Waals surface area contributed by atoms with E-state index in [0.29, 0.717) is 5.92 Å². The van der Waals surface area contributed by atoms with Gasteiger partial charge in [0.15, 0.2) is 5.78 Å². The third-order valence-corrected chi connectivity index (χ3v) is 5.01. The molecule has 0 aliphatic heterocycles. The van der Waals surface area contributed by atoms with Gasteiger partial charge in [-0.05, 0) is 30.4 Å². The summed E-state index contributed by atoms with van der Waals surface area (Å²) in [4.78, 5) is 16.1. The summed E-state index contributed by atoms with van der Waals surface area (Å²) in [5.74, 6) is 0.614. The summed E-state index contributed by atoms with van der Waals surface area (Å²) < 4.78 is 0. The maximum Gasteiger partial charge on any atom is 0.186 e. The summed E-state index contributed by atoms with van der Waals surface area (Å²) >= 11 is 0. The molecule has 2 aliphatic carbocycles. The van der Waals surface area contributed by atoms with Crippen molar-refractivity contribution in [3.05, 3.63) is 47.2 Å². The molecule has 2 aliphatic rings. The number of para-hydroxylation sites is 1. The summed E-state index contributed by atoms with van der Waals surface area (Å²) in [5.41, 5.74) is 4.67. The van der Waals surface area contributed by atoms with Gasteiger partial charge in [0, 0.05) is 22.7 Å². The Kier molecular flexibility index (Phi) is 2.17. The fraction of sp³-hybridized carbons (Fsp3) is 0.389. The maximum atomic E-state index is 12.8. The zero-order valence-corrected chi connectivity index (χ0v) is 12.2. The first-order chi connectivity index (χ1) is 9.49. The first-order valence-corrected chi connectivity index (χ1v) is 7.31. The van der Waals surface area contributed by atoms with Gasteiger partial charge in [0.1, 0.15) is 0 Å². The van der Waals surface area contributed by atoms with Crippen molar-refractivity contribution >= 4 is 16.7 Å². The number of carbonyl (C=O) groups is 1. The standard InChI is InChI=1S/C18H19NO/c1-10-8-12-15(18(2,3)9-10)14-11-6-4-5-7-13(11)19-16(14)17(12)20/h4-8,12,15,19H,9H2,1-3H3/t12-,15+/m0/s1. The van der Waals surface area contributed by atoms with Gasteiger partial charge in [0.05, 0.1) is 5.69 Å². The van der Waals surface area contributed by atoms with Crippen LogP contribution in [-0.2, 0) is 0 Å². The molecule has 102 valence electrons. The molecule has 0 saturated heterocycles. The van der Waals surface area contributed by atoms with Crippen LogP contribution >= 0.6 is 0 Å². The predicted octanol–water partition coefficient (Wildman–Crippen LogP) is 4.44. The van der Waals surface area contributed by atoms with Crippen LogP contribution in [0.3, 0.4) is 0 Å². The minimum atomic E-state index is 0.0320. The molecule has 0 spiro atoms. The number of hydrogen-bond donors (Lipinski definition) is 1. The molecule has 20 heavy (non-hydrogen) atoms. The second-order valence-corrected chi connectivity index (χ2v) is 7.01. The summed E-state index contributed by atoms with van der Waals surface area (Å²) in [6.07, 6.45) is 3.27. The zero-order valence-electron chi connectivity index (χ0n) is 12.2. The normalized spacial score (nSPS) is 27.4. The number of hydrogen-bond acceptors (Lipinski definition) is 1. The molecule has 1 heterocycles. The van der Waals surface area contributed by atoms with E-state index in [1.807, 2.05) is 6.07 Å². The number of fused-ring (bicyclic) bond motifs is 5. The Morgan fingerprint density at radius 2 is 2.00 bits per heavy atom. The van der Waals surface area contributed by atoms with E-state index in [4.69, 9.17) is 0 Å². The minimum absolute atomic E-state index is 0.0320. The highest BCUT2D eigenvalue weighted by Gasteiger charge is 2.50. The molecule has 2 nitrogen and oxygen atoms in total. The van der Waals surface area contributed by atoms with Gasteiger partial charge in [0.25, 0.3) is 0 Å². The molecule has 1 N–H and O–H groups in total. The van der Waals surface area contributed by atoms with E-state index in [9.17, 15) is 4.79 Å². The van der Waals surface area contributed by atoms with Crippen LogP contribution in [0, 0.1) is 11.3 Å². The van der Waals surface area contributed by atoms with Gasteiger partial charge in [-0.15, -0.1) is 0 Å². The molecule has 1 aromatic heterocycles. The van der Waals surface area contributed by atoms with Crippen LogP contribution in [0.1, 0.15) is 49.2 Å².